The molecular formula is C15H18Cl2N2O4. The molecule has 23 heavy (non-hydrogen) atoms. The third kappa shape index (κ3) is 4.50. The van der Waals surface area contributed by atoms with Crippen LogP contribution in [0.1, 0.15) is 24.2 Å². The zero-order valence-electron chi connectivity index (χ0n) is 12.8. The molecule has 126 valence electrons. The number of carbonyl (C=O) groups excluding carboxylic acids is 2. The molecular weight excluding hydrogens is 343 g/mol. The van der Waals surface area contributed by atoms with Gasteiger partial charge in [0.05, 0.1) is 28.5 Å². The lowest BCUT2D eigenvalue weighted by Gasteiger charge is -2.35. The van der Waals surface area contributed by atoms with Crippen LogP contribution in [-0.4, -0.2) is 48.7 Å². The number of rotatable bonds is 3. The number of hydrogen-bond acceptors (Lipinski definition) is 5. The summed E-state index contributed by atoms with van der Waals surface area (Å²) in [6.07, 6.45) is -0.110. The molecule has 2 rings (SSSR count). The number of morpholine rings is 1. The quantitative estimate of drug-likeness (QED) is 0.660. The molecule has 1 fully saturated rings. The Kier molecular flexibility index (Phi) is 5.73. The first-order valence-electron chi connectivity index (χ1n) is 7.12. The van der Waals surface area contributed by atoms with Gasteiger partial charge in [0.2, 0.25) is 0 Å². The van der Waals surface area contributed by atoms with E-state index >= 15 is 0 Å². The summed E-state index contributed by atoms with van der Waals surface area (Å²) in [5.74, 6) is -1.03. The lowest BCUT2D eigenvalue weighted by Crippen LogP contribution is -2.49. The van der Waals surface area contributed by atoms with Crippen molar-refractivity contribution in [3.8, 4) is 0 Å². The van der Waals surface area contributed by atoms with E-state index in [1.807, 2.05) is 13.8 Å². The number of nitrogens with zero attached hydrogens (tertiary/aromatic N) is 1. The Morgan fingerprint density at radius 1 is 1.30 bits per heavy atom. The molecule has 1 aliphatic rings. The van der Waals surface area contributed by atoms with Crippen LogP contribution in [0.3, 0.4) is 0 Å². The highest BCUT2D eigenvalue weighted by molar-refractivity contribution is 6.37. The molecule has 0 aliphatic carbocycles. The predicted molar refractivity (Wildman–Crippen MR) is 87.7 cm³/mol. The Labute approximate surface area is 144 Å². The first kappa shape index (κ1) is 17.8. The fourth-order valence-corrected chi connectivity index (χ4v) is 2.92. The van der Waals surface area contributed by atoms with Crippen LogP contribution in [0.25, 0.3) is 0 Å². The van der Waals surface area contributed by atoms with Gasteiger partial charge in [-0.15, -0.1) is 0 Å². The van der Waals surface area contributed by atoms with Crippen molar-refractivity contribution in [3.63, 3.8) is 0 Å². The standard InChI is InChI=1S/C15H18Cl2N2O4/c1-8-5-19(6-9(2)23-8)13(20)7-22-15(21)11-3-10(16)4-12(17)14(11)18/h3-4,8-9H,5-7,18H2,1-2H3/t8-,9-/m0/s1. The molecule has 1 aliphatic heterocycles. The van der Waals surface area contributed by atoms with Crippen molar-refractivity contribution in [2.45, 2.75) is 26.1 Å². The Morgan fingerprint density at radius 2 is 1.91 bits per heavy atom. The summed E-state index contributed by atoms with van der Waals surface area (Å²) < 4.78 is 10.6. The molecule has 0 radical (unpaired) electrons. The van der Waals surface area contributed by atoms with Gasteiger partial charge in [0.1, 0.15) is 0 Å². The van der Waals surface area contributed by atoms with Gasteiger partial charge in [0, 0.05) is 18.1 Å². The van der Waals surface area contributed by atoms with Crippen molar-refractivity contribution in [3.05, 3.63) is 27.7 Å². The number of nitrogen functional groups attached to an aromatic ring is 1. The molecule has 2 N–H and O–H groups in total. The summed E-state index contributed by atoms with van der Waals surface area (Å²) in [6.45, 7) is 4.33. The average Bonchev–Trinajstić information content (AvgIpc) is 2.47. The Bertz CT molecular complexity index is 614. The van der Waals surface area contributed by atoms with E-state index in [1.54, 1.807) is 4.90 Å². The van der Waals surface area contributed by atoms with Crippen LogP contribution in [-0.2, 0) is 14.3 Å². The minimum atomic E-state index is -0.741. The van der Waals surface area contributed by atoms with Gasteiger partial charge in [-0.25, -0.2) is 4.79 Å². The smallest absolute Gasteiger partial charge is 0.340 e. The van der Waals surface area contributed by atoms with E-state index in [9.17, 15) is 9.59 Å². The van der Waals surface area contributed by atoms with Gasteiger partial charge >= 0.3 is 5.97 Å². The largest absolute Gasteiger partial charge is 0.452 e. The second-order valence-corrected chi connectivity index (χ2v) is 6.32. The summed E-state index contributed by atoms with van der Waals surface area (Å²) in [7, 11) is 0. The van der Waals surface area contributed by atoms with E-state index in [1.165, 1.54) is 12.1 Å². The highest BCUT2D eigenvalue weighted by atomic mass is 35.5. The molecule has 0 unspecified atom stereocenters. The van der Waals surface area contributed by atoms with Crippen molar-refractivity contribution in [2.75, 3.05) is 25.4 Å². The van der Waals surface area contributed by atoms with Gasteiger partial charge in [0.15, 0.2) is 6.61 Å². The van der Waals surface area contributed by atoms with Gasteiger partial charge in [-0.2, -0.15) is 0 Å². The molecule has 6 nitrogen and oxygen atoms in total. The molecule has 1 amide bonds. The summed E-state index contributed by atoms with van der Waals surface area (Å²) >= 11 is 11.7. The minimum absolute atomic E-state index is 0.0408. The van der Waals surface area contributed by atoms with E-state index in [0.29, 0.717) is 13.1 Å². The van der Waals surface area contributed by atoms with E-state index in [-0.39, 0.29) is 46.0 Å². The lowest BCUT2D eigenvalue weighted by atomic mass is 10.2. The first-order chi connectivity index (χ1) is 10.8. The van der Waals surface area contributed by atoms with Crippen LogP contribution in [0.4, 0.5) is 5.69 Å². The van der Waals surface area contributed by atoms with E-state index in [4.69, 9.17) is 38.4 Å². The van der Waals surface area contributed by atoms with Gasteiger partial charge in [-0.1, -0.05) is 23.2 Å². The Balaban J connectivity index is 1.98. The van der Waals surface area contributed by atoms with E-state index in [0.717, 1.165) is 0 Å². The normalized spacial score (nSPS) is 21.1. The zero-order valence-corrected chi connectivity index (χ0v) is 14.4. The highest BCUT2D eigenvalue weighted by Crippen LogP contribution is 2.28. The van der Waals surface area contributed by atoms with Crippen molar-refractivity contribution < 1.29 is 19.1 Å². The molecule has 0 saturated carbocycles. The van der Waals surface area contributed by atoms with Gasteiger partial charge in [0.25, 0.3) is 5.91 Å². The second kappa shape index (κ2) is 7.38. The second-order valence-electron chi connectivity index (χ2n) is 5.48. The minimum Gasteiger partial charge on any atom is -0.452 e. The van der Waals surface area contributed by atoms with Crippen LogP contribution >= 0.6 is 23.2 Å². The molecule has 0 spiro atoms. The number of amides is 1. The molecule has 1 saturated heterocycles. The van der Waals surface area contributed by atoms with Gasteiger partial charge in [-0.3, -0.25) is 4.79 Å². The lowest BCUT2D eigenvalue weighted by molar-refractivity contribution is -0.146. The molecule has 2 atom stereocenters. The maximum atomic E-state index is 12.2. The number of benzene rings is 1. The summed E-state index contributed by atoms with van der Waals surface area (Å²) in [6, 6.07) is 2.78. The number of ether oxygens (including phenoxy) is 2. The number of halogens is 2. The maximum absolute atomic E-state index is 12.2. The van der Waals surface area contributed by atoms with Crippen molar-refractivity contribution in [1.29, 1.82) is 0 Å². The van der Waals surface area contributed by atoms with Crippen LogP contribution in [0.15, 0.2) is 12.1 Å². The molecule has 1 aromatic rings. The topological polar surface area (TPSA) is 81.9 Å². The molecule has 0 aromatic heterocycles. The summed E-state index contributed by atoms with van der Waals surface area (Å²) in [5.41, 5.74) is 5.85. The van der Waals surface area contributed by atoms with E-state index < -0.39 is 5.97 Å². The van der Waals surface area contributed by atoms with Gasteiger partial charge in [-0.05, 0) is 26.0 Å². The number of hydrogen-bond donors (Lipinski definition) is 1. The van der Waals surface area contributed by atoms with Crippen LogP contribution in [0.2, 0.25) is 10.0 Å². The van der Waals surface area contributed by atoms with Crippen molar-refractivity contribution in [1.82, 2.24) is 4.90 Å². The van der Waals surface area contributed by atoms with E-state index in [2.05, 4.69) is 0 Å². The highest BCUT2D eigenvalue weighted by Gasteiger charge is 2.26. The van der Waals surface area contributed by atoms with Crippen molar-refractivity contribution in [2.24, 2.45) is 0 Å². The predicted octanol–water partition coefficient (Wildman–Crippen LogP) is 2.37. The molecule has 8 heteroatoms. The molecule has 1 heterocycles. The summed E-state index contributed by atoms with van der Waals surface area (Å²) in [5, 5.41) is 0.421. The number of anilines is 1. The SMILES string of the molecule is C[C@H]1CN(C(=O)COC(=O)c2cc(Cl)cc(Cl)c2N)C[C@H](C)O1. The third-order valence-corrected chi connectivity index (χ3v) is 3.94. The summed E-state index contributed by atoms with van der Waals surface area (Å²) in [4.78, 5) is 25.8. The zero-order chi connectivity index (χ0) is 17.1. The number of esters is 1. The van der Waals surface area contributed by atoms with Crippen molar-refractivity contribution >= 4 is 40.8 Å². The maximum Gasteiger partial charge on any atom is 0.340 e. The first-order valence-corrected chi connectivity index (χ1v) is 7.88. The fraction of sp³-hybridized carbons (Fsp3) is 0.467. The molecule has 0 bridgehead atoms. The fourth-order valence-electron chi connectivity index (χ4n) is 2.43. The number of nitrogens with two attached hydrogens (primary N) is 1. The Morgan fingerprint density at radius 3 is 2.52 bits per heavy atom. The number of carbonyl (C=O) groups is 2. The Hall–Kier alpha value is -1.50. The third-order valence-electron chi connectivity index (χ3n) is 3.41. The van der Waals surface area contributed by atoms with Gasteiger partial charge < -0.3 is 20.1 Å². The molecule has 1 aromatic carbocycles. The van der Waals surface area contributed by atoms with Crippen LogP contribution < -0.4 is 5.73 Å². The van der Waals surface area contributed by atoms with Crippen LogP contribution in [0.5, 0.6) is 0 Å². The average molecular weight is 361 g/mol. The monoisotopic (exact) mass is 360 g/mol. The van der Waals surface area contributed by atoms with Crippen LogP contribution in [0, 0.1) is 0 Å².